The summed E-state index contributed by atoms with van der Waals surface area (Å²) in [7, 11) is -3.77. The summed E-state index contributed by atoms with van der Waals surface area (Å²) in [6, 6.07) is 16.3. The number of carbonyl (C=O) groups excluding carboxylic acids is 1. The molecule has 0 saturated carbocycles. The Morgan fingerprint density at radius 2 is 1.83 bits per heavy atom. The van der Waals surface area contributed by atoms with Crippen LogP contribution >= 0.6 is 0 Å². The maximum absolute atomic E-state index is 13.6. The molecule has 2 aromatic carbocycles. The molecule has 3 atom stereocenters. The smallest absolute Gasteiger partial charge is 0.266 e. The van der Waals surface area contributed by atoms with Crippen molar-refractivity contribution >= 4 is 15.8 Å². The van der Waals surface area contributed by atoms with Gasteiger partial charge in [-0.25, -0.2) is 8.42 Å². The molecule has 0 spiro atoms. The maximum Gasteiger partial charge on any atom is 0.266 e. The summed E-state index contributed by atoms with van der Waals surface area (Å²) in [6.45, 7) is 2.63. The van der Waals surface area contributed by atoms with Crippen LogP contribution in [-0.4, -0.2) is 43.1 Å². The van der Waals surface area contributed by atoms with Crippen molar-refractivity contribution in [1.82, 2.24) is 4.31 Å². The minimum Gasteiger partial charge on any atom is -0.376 e. The number of sulfonamides is 1. The Labute approximate surface area is 209 Å². The Morgan fingerprint density at radius 3 is 2.50 bits per heavy atom. The largest absolute Gasteiger partial charge is 0.376 e. The van der Waals surface area contributed by atoms with E-state index in [1.165, 1.54) is 16.5 Å². The molecule has 0 amide bonds. The predicted octanol–water partition coefficient (Wildman–Crippen LogP) is 3.67. The fourth-order valence-corrected chi connectivity index (χ4v) is 6.63. The molecule has 1 aliphatic heterocycles. The van der Waals surface area contributed by atoms with E-state index in [2.05, 4.69) is 0 Å². The highest BCUT2D eigenvalue weighted by molar-refractivity contribution is 7.89. The molecule has 1 heterocycles. The van der Waals surface area contributed by atoms with E-state index >= 15 is 0 Å². The van der Waals surface area contributed by atoms with Gasteiger partial charge in [-0.1, -0.05) is 54.1 Å². The summed E-state index contributed by atoms with van der Waals surface area (Å²) < 4.78 is 34.1. The summed E-state index contributed by atoms with van der Waals surface area (Å²) in [4.78, 5) is 24.5. The summed E-state index contributed by atoms with van der Waals surface area (Å²) in [5, 5.41) is 11.3. The van der Waals surface area contributed by atoms with Crippen LogP contribution in [0.25, 0.3) is 0 Å². The number of rotatable bonds is 8. The van der Waals surface area contributed by atoms with Gasteiger partial charge in [-0.05, 0) is 30.2 Å². The highest BCUT2D eigenvalue weighted by Crippen LogP contribution is 2.45. The van der Waals surface area contributed by atoms with E-state index in [1.807, 2.05) is 37.3 Å². The van der Waals surface area contributed by atoms with E-state index in [0.717, 1.165) is 16.7 Å². The number of carbonyl (C=O) groups is 1. The van der Waals surface area contributed by atoms with Crippen molar-refractivity contribution in [3.63, 3.8) is 0 Å². The number of nitro groups is 1. The van der Waals surface area contributed by atoms with Crippen molar-refractivity contribution in [1.29, 1.82) is 0 Å². The zero-order valence-corrected chi connectivity index (χ0v) is 20.6. The highest BCUT2D eigenvalue weighted by Gasteiger charge is 2.50. The fourth-order valence-electron chi connectivity index (χ4n) is 5.19. The van der Waals surface area contributed by atoms with E-state index in [1.54, 1.807) is 30.3 Å². The summed E-state index contributed by atoms with van der Waals surface area (Å²) in [6.07, 6.45) is 4.50. The summed E-state index contributed by atoms with van der Waals surface area (Å²) in [5.41, 5.74) is 3.06. The topological polar surface area (TPSA) is 107 Å². The van der Waals surface area contributed by atoms with Gasteiger partial charge in [0.2, 0.25) is 10.0 Å². The molecule has 9 heteroatoms. The van der Waals surface area contributed by atoms with Crippen LogP contribution in [0.4, 0.5) is 0 Å². The molecule has 1 fully saturated rings. The van der Waals surface area contributed by atoms with Crippen LogP contribution < -0.4 is 0 Å². The van der Waals surface area contributed by atoms with Crippen molar-refractivity contribution in [2.24, 2.45) is 17.8 Å². The van der Waals surface area contributed by atoms with Gasteiger partial charge in [0.05, 0.1) is 29.0 Å². The lowest BCUT2D eigenvalue weighted by Crippen LogP contribution is -2.33. The summed E-state index contributed by atoms with van der Waals surface area (Å²) in [5.74, 6) is -1.54. The number of hydrogen-bond acceptors (Lipinski definition) is 6. The van der Waals surface area contributed by atoms with Gasteiger partial charge in [0.1, 0.15) is 0 Å². The van der Waals surface area contributed by atoms with Gasteiger partial charge in [0.15, 0.2) is 5.78 Å². The first-order chi connectivity index (χ1) is 17.3. The number of benzene rings is 2. The highest BCUT2D eigenvalue weighted by atomic mass is 32.2. The number of aryl methyl sites for hydroxylation is 1. The fraction of sp³-hybridized carbons (Fsp3) is 0.296. The number of allylic oxidation sites excluding steroid dienone is 4. The van der Waals surface area contributed by atoms with Crippen molar-refractivity contribution in [2.45, 2.75) is 18.4 Å². The number of nitrogens with zero attached hydrogens (tertiary/aromatic N) is 2. The monoisotopic (exact) mass is 506 g/mol. The second-order valence-electron chi connectivity index (χ2n) is 9.36. The second kappa shape index (κ2) is 9.57. The van der Waals surface area contributed by atoms with Gasteiger partial charge in [0, 0.05) is 42.7 Å². The first-order valence-corrected chi connectivity index (χ1v) is 13.2. The average molecular weight is 507 g/mol. The summed E-state index contributed by atoms with van der Waals surface area (Å²) >= 11 is 0. The third-order valence-electron chi connectivity index (χ3n) is 7.07. The van der Waals surface area contributed by atoms with Crippen molar-refractivity contribution < 1.29 is 22.9 Å². The van der Waals surface area contributed by atoms with Gasteiger partial charge in [0.25, 0.3) is 5.70 Å². The number of ketones is 1. The Hall–Kier alpha value is -3.40. The number of ether oxygens (including phenoxy) is 1. The SMILES string of the molecule is Cc1ccc(S(=O)(=O)N2CC3=C(C4C=CC([N+](=O)[O-])=C4)C(=O)[C@H](COCc4ccccc4)[C@@H]3C2)cc1. The van der Waals surface area contributed by atoms with E-state index in [0.29, 0.717) is 12.2 Å². The zero-order chi connectivity index (χ0) is 25.4. The number of hydrogen-bond donors (Lipinski definition) is 0. The third-order valence-corrected chi connectivity index (χ3v) is 8.89. The van der Waals surface area contributed by atoms with Gasteiger partial charge < -0.3 is 4.74 Å². The van der Waals surface area contributed by atoms with Gasteiger partial charge in [-0.15, -0.1) is 0 Å². The van der Waals surface area contributed by atoms with Crippen molar-refractivity contribution in [2.75, 3.05) is 19.7 Å². The molecule has 36 heavy (non-hydrogen) atoms. The molecule has 1 saturated heterocycles. The Morgan fingerprint density at radius 1 is 1.11 bits per heavy atom. The van der Waals surface area contributed by atoms with Gasteiger partial charge >= 0.3 is 0 Å². The molecule has 0 radical (unpaired) electrons. The van der Waals surface area contributed by atoms with Crippen LogP contribution in [-0.2, 0) is 26.2 Å². The molecule has 1 unspecified atom stereocenters. The van der Waals surface area contributed by atoms with Gasteiger partial charge in [-0.2, -0.15) is 4.31 Å². The number of fused-ring (bicyclic) bond motifs is 1. The van der Waals surface area contributed by atoms with Crippen LogP contribution in [0.15, 0.2) is 94.6 Å². The first-order valence-electron chi connectivity index (χ1n) is 11.8. The molecule has 5 rings (SSSR count). The van der Waals surface area contributed by atoms with Crippen LogP contribution in [0, 0.1) is 34.8 Å². The van der Waals surface area contributed by atoms with E-state index < -0.39 is 26.8 Å². The van der Waals surface area contributed by atoms with Crippen LogP contribution in [0.2, 0.25) is 0 Å². The van der Waals surface area contributed by atoms with E-state index in [-0.39, 0.29) is 42.0 Å². The van der Waals surface area contributed by atoms with E-state index in [4.69, 9.17) is 4.74 Å². The maximum atomic E-state index is 13.6. The minimum atomic E-state index is -3.77. The molecular weight excluding hydrogens is 480 g/mol. The quantitative estimate of drug-likeness (QED) is 0.399. The van der Waals surface area contributed by atoms with Crippen LogP contribution in [0.1, 0.15) is 11.1 Å². The van der Waals surface area contributed by atoms with Gasteiger partial charge in [-0.3, -0.25) is 14.9 Å². The molecule has 0 N–H and O–H groups in total. The Balaban J connectivity index is 1.43. The lowest BCUT2D eigenvalue weighted by Gasteiger charge is -2.21. The molecule has 8 nitrogen and oxygen atoms in total. The molecular formula is C27H26N2O6S. The third kappa shape index (κ3) is 4.45. The van der Waals surface area contributed by atoms with Crippen LogP contribution in [0.5, 0.6) is 0 Å². The number of Topliss-reactive ketones (excluding diaryl/α,β-unsaturated/α-hetero) is 1. The molecule has 3 aliphatic rings. The average Bonchev–Trinajstić information content (AvgIpc) is 3.56. The van der Waals surface area contributed by atoms with E-state index in [9.17, 15) is 23.3 Å². The lowest BCUT2D eigenvalue weighted by molar-refractivity contribution is -0.418. The minimum absolute atomic E-state index is 0.0663. The zero-order valence-electron chi connectivity index (χ0n) is 19.7. The van der Waals surface area contributed by atoms with Crippen LogP contribution in [0.3, 0.4) is 0 Å². The molecule has 0 aromatic heterocycles. The van der Waals surface area contributed by atoms with Crippen molar-refractivity contribution in [3.8, 4) is 0 Å². The molecule has 2 aliphatic carbocycles. The standard InChI is InChI=1S/C27H26N2O6S/c1-18-7-11-22(12-8-18)36(33,34)28-14-23-24(15-28)26(20-9-10-21(13-20)29(31)32)27(30)25(23)17-35-16-19-5-3-2-4-6-19/h2-13,20,23,25H,14-17H2,1H3/t20?,23-,25-/m1/s1. The molecule has 2 aromatic rings. The second-order valence-corrected chi connectivity index (χ2v) is 11.3. The Bertz CT molecular complexity index is 1390. The Kier molecular flexibility index (Phi) is 6.46. The lowest BCUT2D eigenvalue weighted by atomic mass is 9.93. The van der Waals surface area contributed by atoms with Crippen molar-refractivity contribution in [3.05, 3.63) is 111 Å². The first kappa shape index (κ1) is 24.3. The normalized spacial score (nSPS) is 23.9. The molecule has 186 valence electrons. The molecule has 0 bridgehead atoms. The predicted molar refractivity (Wildman–Crippen MR) is 133 cm³/mol.